The number of amides is 1. The molecule has 1 amide bonds. The first-order valence-corrected chi connectivity index (χ1v) is 11.5. The molecule has 1 aromatic rings. The van der Waals surface area contributed by atoms with Crippen LogP contribution in [0.15, 0.2) is 24.5 Å². The number of nitrogens with zero attached hydrogens (tertiary/aromatic N) is 4. The van der Waals surface area contributed by atoms with Crippen LogP contribution in [0.25, 0.3) is 0 Å². The number of pyridine rings is 1. The van der Waals surface area contributed by atoms with Crippen molar-refractivity contribution in [2.75, 3.05) is 46.3 Å². The summed E-state index contributed by atoms with van der Waals surface area (Å²) in [5.41, 5.74) is 1.35. The second kappa shape index (κ2) is 10.0. The summed E-state index contributed by atoms with van der Waals surface area (Å²) in [6.45, 7) is 7.63. The number of nitrogens with one attached hydrogen (secondary N) is 1. The molecule has 0 bridgehead atoms. The molecule has 3 aliphatic heterocycles. The van der Waals surface area contributed by atoms with Crippen molar-refractivity contribution >= 4 is 5.91 Å². The number of carbonyl (C=O) groups excluding carboxylic acids is 1. The van der Waals surface area contributed by atoms with E-state index < -0.39 is 0 Å². The molecule has 3 aliphatic rings. The van der Waals surface area contributed by atoms with Crippen molar-refractivity contribution in [3.63, 3.8) is 0 Å². The highest BCUT2D eigenvalue weighted by molar-refractivity contribution is 5.79. The van der Waals surface area contributed by atoms with Crippen LogP contribution >= 0.6 is 0 Å². The lowest BCUT2D eigenvalue weighted by atomic mass is 9.92. The fourth-order valence-electron chi connectivity index (χ4n) is 5.21. The van der Waals surface area contributed by atoms with Gasteiger partial charge in [-0.05, 0) is 96.0 Å². The van der Waals surface area contributed by atoms with E-state index in [0.29, 0.717) is 18.0 Å². The number of hydrogen-bond acceptors (Lipinski definition) is 5. The van der Waals surface area contributed by atoms with Gasteiger partial charge in [0.05, 0.1) is 5.92 Å². The Labute approximate surface area is 175 Å². The highest BCUT2D eigenvalue weighted by Gasteiger charge is 2.32. The maximum absolute atomic E-state index is 12.9. The number of hydrogen-bond donors (Lipinski definition) is 1. The normalized spacial score (nSPS) is 26.4. The van der Waals surface area contributed by atoms with Crippen LogP contribution < -0.4 is 5.32 Å². The average Bonchev–Trinajstić information content (AvgIpc) is 2.77. The smallest absolute Gasteiger partial charge is 0.224 e. The Hall–Kier alpha value is -1.50. The van der Waals surface area contributed by atoms with E-state index in [1.54, 1.807) is 0 Å². The molecule has 1 N–H and O–H groups in total. The predicted molar refractivity (Wildman–Crippen MR) is 115 cm³/mol. The van der Waals surface area contributed by atoms with Crippen LogP contribution in [0.5, 0.6) is 0 Å². The van der Waals surface area contributed by atoms with Gasteiger partial charge in [0.2, 0.25) is 5.91 Å². The predicted octanol–water partition coefficient (Wildman–Crippen LogP) is 1.97. The lowest BCUT2D eigenvalue weighted by Crippen LogP contribution is -2.52. The van der Waals surface area contributed by atoms with Crippen molar-refractivity contribution in [2.45, 2.75) is 57.2 Å². The van der Waals surface area contributed by atoms with E-state index in [1.165, 1.54) is 18.4 Å². The second-order valence-electron chi connectivity index (χ2n) is 9.28. The molecule has 0 aliphatic carbocycles. The van der Waals surface area contributed by atoms with Gasteiger partial charge in [-0.1, -0.05) is 0 Å². The Morgan fingerprint density at radius 3 is 2.48 bits per heavy atom. The summed E-state index contributed by atoms with van der Waals surface area (Å²) >= 11 is 0. The van der Waals surface area contributed by atoms with Gasteiger partial charge in [-0.2, -0.15) is 0 Å². The molecule has 0 saturated carbocycles. The Bertz CT molecular complexity index is 638. The maximum atomic E-state index is 12.9. The van der Waals surface area contributed by atoms with Crippen LogP contribution in [0.1, 0.15) is 44.1 Å². The van der Waals surface area contributed by atoms with Gasteiger partial charge in [0.1, 0.15) is 0 Å². The van der Waals surface area contributed by atoms with Gasteiger partial charge in [-0.25, -0.2) is 0 Å². The van der Waals surface area contributed by atoms with Crippen LogP contribution in [0.3, 0.4) is 0 Å². The van der Waals surface area contributed by atoms with Gasteiger partial charge in [-0.3, -0.25) is 19.6 Å². The number of piperidine rings is 3. The highest BCUT2D eigenvalue weighted by atomic mass is 16.2. The highest BCUT2D eigenvalue weighted by Crippen LogP contribution is 2.25. The zero-order chi connectivity index (χ0) is 20.1. The zero-order valence-corrected chi connectivity index (χ0v) is 17.9. The molecule has 160 valence electrons. The van der Waals surface area contributed by atoms with Crippen molar-refractivity contribution in [1.82, 2.24) is 25.0 Å². The van der Waals surface area contributed by atoms with Gasteiger partial charge in [0, 0.05) is 37.6 Å². The third-order valence-corrected chi connectivity index (χ3v) is 7.12. The summed E-state index contributed by atoms with van der Waals surface area (Å²) in [7, 11) is 2.17. The van der Waals surface area contributed by atoms with Crippen molar-refractivity contribution in [3.8, 4) is 0 Å². The number of likely N-dealkylation sites (tertiary alicyclic amines) is 3. The van der Waals surface area contributed by atoms with Crippen LogP contribution in [0.2, 0.25) is 0 Å². The number of rotatable bonds is 5. The Balaban J connectivity index is 1.22. The fraction of sp³-hybridized carbons (Fsp3) is 0.739. The van der Waals surface area contributed by atoms with E-state index in [-0.39, 0.29) is 5.92 Å². The van der Waals surface area contributed by atoms with E-state index in [0.717, 1.165) is 71.5 Å². The van der Waals surface area contributed by atoms with E-state index in [1.807, 2.05) is 12.4 Å². The molecule has 4 heterocycles. The average molecular weight is 400 g/mol. The summed E-state index contributed by atoms with van der Waals surface area (Å²) in [5.74, 6) is 0.484. The summed E-state index contributed by atoms with van der Waals surface area (Å²) < 4.78 is 0. The van der Waals surface area contributed by atoms with Crippen LogP contribution in [-0.2, 0) is 11.3 Å². The lowest BCUT2D eigenvalue weighted by Gasteiger charge is -2.42. The SMILES string of the molecule is CN1CCC(NC(=O)[C@@H]2CCCN(C3CCN(Cc4ccncc4)CC3)C2)CC1. The van der Waals surface area contributed by atoms with Gasteiger partial charge in [0.15, 0.2) is 0 Å². The first-order valence-electron chi connectivity index (χ1n) is 11.5. The molecule has 0 unspecified atom stereocenters. The zero-order valence-electron chi connectivity index (χ0n) is 17.9. The van der Waals surface area contributed by atoms with E-state index in [9.17, 15) is 4.79 Å². The molecule has 0 aromatic carbocycles. The third kappa shape index (κ3) is 5.77. The molecule has 29 heavy (non-hydrogen) atoms. The van der Waals surface area contributed by atoms with E-state index >= 15 is 0 Å². The maximum Gasteiger partial charge on any atom is 0.224 e. The van der Waals surface area contributed by atoms with Gasteiger partial charge in [-0.15, -0.1) is 0 Å². The van der Waals surface area contributed by atoms with E-state index in [2.05, 4.69) is 44.2 Å². The molecule has 1 atom stereocenters. The summed E-state index contributed by atoms with van der Waals surface area (Å²) in [6, 6.07) is 5.25. The molecule has 6 heteroatoms. The molecule has 6 nitrogen and oxygen atoms in total. The summed E-state index contributed by atoms with van der Waals surface area (Å²) in [5, 5.41) is 3.36. The minimum atomic E-state index is 0.179. The van der Waals surface area contributed by atoms with Gasteiger partial charge in [0.25, 0.3) is 0 Å². The van der Waals surface area contributed by atoms with Gasteiger partial charge >= 0.3 is 0 Å². The van der Waals surface area contributed by atoms with Crippen molar-refractivity contribution < 1.29 is 4.79 Å². The van der Waals surface area contributed by atoms with Crippen LogP contribution in [0.4, 0.5) is 0 Å². The number of carbonyl (C=O) groups is 1. The molecule has 3 saturated heterocycles. The molecule has 1 aromatic heterocycles. The monoisotopic (exact) mass is 399 g/mol. The summed E-state index contributed by atoms with van der Waals surface area (Å²) in [6.07, 6.45) is 10.6. The Morgan fingerprint density at radius 1 is 1.03 bits per heavy atom. The quantitative estimate of drug-likeness (QED) is 0.820. The van der Waals surface area contributed by atoms with Crippen molar-refractivity contribution in [3.05, 3.63) is 30.1 Å². The minimum Gasteiger partial charge on any atom is -0.353 e. The fourth-order valence-corrected chi connectivity index (χ4v) is 5.21. The van der Waals surface area contributed by atoms with Gasteiger partial charge < -0.3 is 10.2 Å². The Morgan fingerprint density at radius 2 is 1.76 bits per heavy atom. The van der Waals surface area contributed by atoms with Crippen molar-refractivity contribution in [1.29, 1.82) is 0 Å². The molecule has 4 rings (SSSR count). The first-order chi connectivity index (χ1) is 14.2. The summed E-state index contributed by atoms with van der Waals surface area (Å²) in [4.78, 5) is 24.5. The second-order valence-corrected chi connectivity index (χ2v) is 9.28. The van der Waals surface area contributed by atoms with E-state index in [4.69, 9.17) is 0 Å². The molecular weight excluding hydrogens is 362 g/mol. The largest absolute Gasteiger partial charge is 0.353 e. The van der Waals surface area contributed by atoms with Crippen LogP contribution in [-0.4, -0.2) is 84.0 Å². The lowest BCUT2D eigenvalue weighted by molar-refractivity contribution is -0.128. The number of aromatic nitrogens is 1. The molecule has 0 radical (unpaired) electrons. The van der Waals surface area contributed by atoms with Crippen LogP contribution in [0, 0.1) is 5.92 Å². The Kier molecular flexibility index (Phi) is 7.16. The molecule has 3 fully saturated rings. The third-order valence-electron chi connectivity index (χ3n) is 7.12. The molecule has 0 spiro atoms. The first kappa shape index (κ1) is 20.8. The minimum absolute atomic E-state index is 0.179. The standard InChI is InChI=1S/C23H37N5O/c1-26-13-6-21(7-14-26)25-23(29)20-3-2-12-28(18-20)22-8-15-27(16-9-22)17-19-4-10-24-11-5-19/h4-5,10-11,20-22H,2-3,6-9,12-18H2,1H3,(H,25,29)/t20-/m1/s1. The van der Waals surface area contributed by atoms with Crippen molar-refractivity contribution in [2.24, 2.45) is 5.92 Å². The molecular formula is C23H37N5O. The topological polar surface area (TPSA) is 51.7 Å².